The van der Waals surface area contributed by atoms with E-state index in [1.165, 1.54) is 0 Å². The number of esters is 1. The molecule has 3 atom stereocenters. The largest absolute Gasteiger partial charge is 0.497 e. The molecule has 0 amide bonds. The summed E-state index contributed by atoms with van der Waals surface area (Å²) in [6, 6.07) is 13.2. The van der Waals surface area contributed by atoms with Crippen LogP contribution < -0.4 is 14.8 Å². The van der Waals surface area contributed by atoms with E-state index in [-0.39, 0.29) is 12.0 Å². The van der Waals surface area contributed by atoms with Gasteiger partial charge in [0.1, 0.15) is 17.4 Å². The van der Waals surface area contributed by atoms with Crippen LogP contribution in [0.15, 0.2) is 46.9 Å². The maximum absolute atomic E-state index is 13.1. The molecule has 6 nitrogen and oxygen atoms in total. The Labute approximate surface area is 189 Å². The summed E-state index contributed by atoms with van der Waals surface area (Å²) < 4.78 is 18.1. The quantitative estimate of drug-likeness (QED) is 0.498. The van der Waals surface area contributed by atoms with Gasteiger partial charge in [0, 0.05) is 16.6 Å². The van der Waals surface area contributed by atoms with Gasteiger partial charge in [-0.25, -0.2) is 0 Å². The first-order valence-electron chi connectivity index (χ1n) is 9.73. The van der Waals surface area contributed by atoms with Gasteiger partial charge in [-0.1, -0.05) is 28.1 Å². The van der Waals surface area contributed by atoms with E-state index < -0.39 is 11.6 Å². The molecule has 2 heterocycles. The topological polar surface area (TPSA) is 60.0 Å². The average molecular weight is 491 g/mol. The Morgan fingerprint density at radius 1 is 1.30 bits per heavy atom. The molecule has 1 N–H and O–H groups in total. The third-order valence-corrected chi connectivity index (χ3v) is 6.47. The summed E-state index contributed by atoms with van der Waals surface area (Å²) in [5.41, 5.74) is 0.902. The molecule has 2 bridgehead atoms. The molecular weight excluding hydrogens is 468 g/mol. The summed E-state index contributed by atoms with van der Waals surface area (Å²) in [5.74, 6) is 0.595. The van der Waals surface area contributed by atoms with E-state index in [4.69, 9.17) is 26.4 Å². The number of hydrogen-bond donors (Lipinski definition) is 1. The molecule has 0 spiro atoms. The highest BCUT2D eigenvalue weighted by Crippen LogP contribution is 2.49. The molecule has 4 rings (SSSR count). The molecule has 8 heteroatoms. The molecule has 0 aliphatic carbocycles. The lowest BCUT2D eigenvalue weighted by Gasteiger charge is -2.55. The molecule has 0 aromatic heterocycles. The number of hydrogen-bond acceptors (Lipinski definition) is 5. The molecule has 0 saturated carbocycles. The number of methoxy groups -OCH3 is 1. The Hall–Kier alpha value is -2.32. The third-order valence-electron chi connectivity index (χ3n) is 5.63. The second kappa shape index (κ2) is 8.07. The highest BCUT2D eigenvalue weighted by Gasteiger charge is 2.59. The number of nitrogens with one attached hydrogen (secondary N) is 1. The zero-order chi connectivity index (χ0) is 21.5. The molecule has 2 aliphatic rings. The van der Waals surface area contributed by atoms with Crippen LogP contribution in [0.25, 0.3) is 0 Å². The van der Waals surface area contributed by atoms with Gasteiger partial charge in [0.2, 0.25) is 0 Å². The van der Waals surface area contributed by atoms with Crippen molar-refractivity contribution >= 4 is 39.2 Å². The molecule has 1 fully saturated rings. The fraction of sp³-hybridized carbons (Fsp3) is 0.364. The van der Waals surface area contributed by atoms with Gasteiger partial charge < -0.3 is 24.4 Å². The van der Waals surface area contributed by atoms with Crippen molar-refractivity contribution in [3.63, 3.8) is 0 Å². The smallest absolute Gasteiger partial charge is 0.317 e. The van der Waals surface area contributed by atoms with Crippen molar-refractivity contribution in [3.8, 4) is 11.5 Å². The van der Waals surface area contributed by atoms with E-state index in [2.05, 4.69) is 21.2 Å². The van der Waals surface area contributed by atoms with Crippen LogP contribution >= 0.6 is 28.1 Å². The van der Waals surface area contributed by atoms with Crippen LogP contribution in [0.3, 0.4) is 0 Å². The van der Waals surface area contributed by atoms with E-state index in [1.807, 2.05) is 54.3 Å². The predicted octanol–water partition coefficient (Wildman–Crippen LogP) is 4.18. The van der Waals surface area contributed by atoms with Gasteiger partial charge in [0.15, 0.2) is 10.8 Å². The number of rotatable bonds is 5. The highest BCUT2D eigenvalue weighted by molar-refractivity contribution is 9.10. The zero-order valence-electron chi connectivity index (χ0n) is 17.0. The fourth-order valence-electron chi connectivity index (χ4n) is 4.16. The molecule has 1 saturated heterocycles. The van der Waals surface area contributed by atoms with Crippen molar-refractivity contribution in [2.45, 2.75) is 32.2 Å². The predicted molar refractivity (Wildman–Crippen MR) is 120 cm³/mol. The first-order chi connectivity index (χ1) is 14.4. The molecule has 30 heavy (non-hydrogen) atoms. The summed E-state index contributed by atoms with van der Waals surface area (Å²) >= 11 is 9.22. The number of carbonyl (C=O) groups is 1. The summed E-state index contributed by atoms with van der Waals surface area (Å²) in [7, 11) is 1.63. The van der Waals surface area contributed by atoms with Gasteiger partial charge in [-0.05, 0) is 62.0 Å². The summed E-state index contributed by atoms with van der Waals surface area (Å²) in [4.78, 5) is 15.0. The van der Waals surface area contributed by atoms with Crippen LogP contribution in [-0.2, 0) is 16.1 Å². The van der Waals surface area contributed by atoms with E-state index in [1.54, 1.807) is 14.0 Å². The van der Waals surface area contributed by atoms with Crippen molar-refractivity contribution in [2.75, 3.05) is 13.7 Å². The molecule has 158 valence electrons. The fourth-order valence-corrected chi connectivity index (χ4v) is 4.91. The van der Waals surface area contributed by atoms with Crippen molar-refractivity contribution in [2.24, 2.45) is 5.92 Å². The van der Waals surface area contributed by atoms with Gasteiger partial charge in [-0.15, -0.1) is 0 Å². The Bertz CT molecular complexity index is 984. The second-order valence-electron chi connectivity index (χ2n) is 7.43. The molecule has 2 aromatic carbocycles. The lowest BCUT2D eigenvalue weighted by molar-refractivity contribution is -0.176. The van der Waals surface area contributed by atoms with Crippen LogP contribution in [0.2, 0.25) is 0 Å². The van der Waals surface area contributed by atoms with E-state index in [0.29, 0.717) is 18.3 Å². The van der Waals surface area contributed by atoms with E-state index >= 15 is 0 Å². The number of benzene rings is 2. The molecule has 0 unspecified atom stereocenters. The van der Waals surface area contributed by atoms with Gasteiger partial charge in [0.05, 0.1) is 19.8 Å². The van der Waals surface area contributed by atoms with Crippen LogP contribution in [0.5, 0.6) is 11.5 Å². The number of nitrogens with zero attached hydrogens (tertiary/aromatic N) is 1. The average Bonchev–Trinajstić information content (AvgIpc) is 2.72. The first-order valence-corrected chi connectivity index (χ1v) is 10.9. The Morgan fingerprint density at radius 2 is 2.03 bits per heavy atom. The summed E-state index contributed by atoms with van der Waals surface area (Å²) in [5, 5.41) is 3.90. The lowest BCUT2D eigenvalue weighted by atomic mass is 9.79. The highest BCUT2D eigenvalue weighted by atomic mass is 79.9. The van der Waals surface area contributed by atoms with Crippen molar-refractivity contribution < 1.29 is 19.0 Å². The molecular formula is C22H23BrN2O4S. The zero-order valence-corrected chi connectivity index (χ0v) is 19.4. The minimum Gasteiger partial charge on any atom is -0.497 e. The molecule has 2 aromatic rings. The number of carbonyl (C=O) groups excluding carboxylic acids is 1. The van der Waals surface area contributed by atoms with Gasteiger partial charge in [-0.2, -0.15) is 0 Å². The minimum absolute atomic E-state index is 0.298. The van der Waals surface area contributed by atoms with Crippen molar-refractivity contribution in [1.29, 1.82) is 0 Å². The summed E-state index contributed by atoms with van der Waals surface area (Å²) in [6.45, 7) is 4.48. The van der Waals surface area contributed by atoms with Crippen LogP contribution in [0, 0.1) is 5.92 Å². The maximum atomic E-state index is 13.1. The Kier molecular flexibility index (Phi) is 5.63. The number of ether oxygens (including phenoxy) is 3. The molecule has 2 aliphatic heterocycles. The standard InChI is InChI=1S/C22H23BrN2O4S/c1-4-28-20(26)18-19-16-11-14(23)7-10-17(16)29-22(18,2)25(21(30)24-19)12-13-5-8-15(27-3)9-6-13/h5-11,18-19H,4,12H2,1-3H3,(H,24,30)/t18-,19-,22-/m0/s1. The molecule has 0 radical (unpaired) electrons. The minimum atomic E-state index is -1.000. The normalized spacial score (nSPS) is 24.4. The maximum Gasteiger partial charge on any atom is 0.317 e. The number of fused-ring (bicyclic) bond motifs is 4. The summed E-state index contributed by atoms with van der Waals surface area (Å²) in [6.07, 6.45) is 0. The number of halogens is 1. The van der Waals surface area contributed by atoms with Crippen LogP contribution in [0.1, 0.15) is 31.0 Å². The second-order valence-corrected chi connectivity index (χ2v) is 8.73. The monoisotopic (exact) mass is 490 g/mol. The van der Waals surface area contributed by atoms with Gasteiger partial charge in [0.25, 0.3) is 0 Å². The van der Waals surface area contributed by atoms with Crippen molar-refractivity contribution in [3.05, 3.63) is 58.1 Å². The third kappa shape index (κ3) is 3.52. The van der Waals surface area contributed by atoms with Crippen molar-refractivity contribution in [1.82, 2.24) is 10.2 Å². The van der Waals surface area contributed by atoms with E-state index in [0.717, 1.165) is 27.1 Å². The van der Waals surface area contributed by atoms with Gasteiger partial charge >= 0.3 is 5.97 Å². The van der Waals surface area contributed by atoms with Gasteiger partial charge in [-0.3, -0.25) is 4.79 Å². The number of thiocarbonyl (C=S) groups is 1. The lowest BCUT2D eigenvalue weighted by Crippen LogP contribution is -2.70. The Balaban J connectivity index is 1.76. The van der Waals surface area contributed by atoms with Crippen LogP contribution in [-0.4, -0.2) is 35.4 Å². The van der Waals surface area contributed by atoms with Crippen LogP contribution in [0.4, 0.5) is 0 Å². The SMILES string of the molecule is CCOC(=O)[C@@H]1[C@H]2NC(=S)N(Cc3ccc(OC)cc3)[C@@]1(C)Oc1ccc(Br)cc12. The Morgan fingerprint density at radius 3 is 2.70 bits per heavy atom. The first kappa shape index (κ1) is 20.9. The van der Waals surface area contributed by atoms with E-state index in [9.17, 15) is 4.79 Å².